The number of carbonyl (C=O) groups is 1. The zero-order chi connectivity index (χ0) is 19.4. The third-order valence-corrected chi connectivity index (χ3v) is 6.99. The number of amides is 1. The highest BCUT2D eigenvalue weighted by Crippen LogP contribution is 2.25. The van der Waals surface area contributed by atoms with Crippen LogP contribution in [0.4, 0.5) is 0 Å². The van der Waals surface area contributed by atoms with Gasteiger partial charge < -0.3 is 9.73 Å². The van der Waals surface area contributed by atoms with Crippen molar-refractivity contribution in [3.8, 4) is 0 Å². The van der Waals surface area contributed by atoms with Crippen LogP contribution in [0.2, 0.25) is 0 Å². The monoisotopic (exact) mass is 389 g/mol. The Kier molecular flexibility index (Phi) is 6.05. The molecule has 0 spiro atoms. The second-order valence-electron chi connectivity index (χ2n) is 7.42. The quantitative estimate of drug-likeness (QED) is 0.806. The molecule has 0 atom stereocenters. The SMILES string of the molecule is CCc1ccccc1S(=O)(=O)Cc1ccc(C(=O)NC2CCC(C)CC2)o1. The van der Waals surface area contributed by atoms with Crippen molar-refractivity contribution >= 4 is 15.7 Å². The van der Waals surface area contributed by atoms with E-state index in [1.54, 1.807) is 24.3 Å². The van der Waals surface area contributed by atoms with E-state index in [1.165, 1.54) is 0 Å². The summed E-state index contributed by atoms with van der Waals surface area (Å²) in [4.78, 5) is 12.7. The molecule has 0 bridgehead atoms. The van der Waals surface area contributed by atoms with Gasteiger partial charge in [0.05, 0.1) is 4.90 Å². The van der Waals surface area contributed by atoms with Gasteiger partial charge in [0.2, 0.25) is 0 Å². The minimum Gasteiger partial charge on any atom is -0.455 e. The first-order valence-corrected chi connectivity index (χ1v) is 11.2. The lowest BCUT2D eigenvalue weighted by Crippen LogP contribution is -2.37. The van der Waals surface area contributed by atoms with Gasteiger partial charge in [0.25, 0.3) is 5.91 Å². The highest BCUT2D eigenvalue weighted by molar-refractivity contribution is 7.90. The molecule has 1 N–H and O–H groups in total. The van der Waals surface area contributed by atoms with Crippen LogP contribution in [0, 0.1) is 5.92 Å². The molecule has 1 aromatic carbocycles. The van der Waals surface area contributed by atoms with Gasteiger partial charge >= 0.3 is 0 Å². The summed E-state index contributed by atoms with van der Waals surface area (Å²) in [6, 6.07) is 10.3. The van der Waals surface area contributed by atoms with Gasteiger partial charge in [0.15, 0.2) is 15.6 Å². The Morgan fingerprint density at radius 3 is 2.52 bits per heavy atom. The molecule has 0 saturated heterocycles. The van der Waals surface area contributed by atoms with Crippen molar-refractivity contribution < 1.29 is 17.6 Å². The topological polar surface area (TPSA) is 76.4 Å². The van der Waals surface area contributed by atoms with E-state index in [4.69, 9.17) is 4.42 Å². The molecule has 1 heterocycles. The van der Waals surface area contributed by atoms with Gasteiger partial charge in [-0.05, 0) is 61.8 Å². The van der Waals surface area contributed by atoms with E-state index in [0.29, 0.717) is 17.2 Å². The number of aryl methyl sites for hydroxylation is 1. The van der Waals surface area contributed by atoms with Crippen LogP contribution in [0.5, 0.6) is 0 Å². The maximum atomic E-state index is 12.7. The molecule has 1 aromatic heterocycles. The van der Waals surface area contributed by atoms with Crippen LogP contribution in [-0.2, 0) is 22.0 Å². The fourth-order valence-electron chi connectivity index (χ4n) is 3.60. The fourth-order valence-corrected chi connectivity index (χ4v) is 5.19. The van der Waals surface area contributed by atoms with Crippen LogP contribution in [0.15, 0.2) is 45.7 Å². The van der Waals surface area contributed by atoms with Crippen molar-refractivity contribution in [3.05, 3.63) is 53.5 Å². The van der Waals surface area contributed by atoms with E-state index in [0.717, 1.165) is 31.2 Å². The Bertz CT molecular complexity index is 892. The molecule has 0 unspecified atom stereocenters. The molecule has 1 amide bonds. The van der Waals surface area contributed by atoms with Crippen molar-refractivity contribution in [1.82, 2.24) is 5.32 Å². The number of benzene rings is 1. The molecule has 1 fully saturated rings. The summed E-state index contributed by atoms with van der Waals surface area (Å²) in [5.41, 5.74) is 0.786. The summed E-state index contributed by atoms with van der Waals surface area (Å²) in [6.45, 7) is 4.16. The van der Waals surface area contributed by atoms with Crippen LogP contribution in [0.25, 0.3) is 0 Å². The third kappa shape index (κ3) is 4.80. The summed E-state index contributed by atoms with van der Waals surface area (Å²) in [6.07, 6.45) is 4.82. The zero-order valence-electron chi connectivity index (χ0n) is 15.9. The molecule has 146 valence electrons. The molecular formula is C21H27NO4S. The summed E-state index contributed by atoms with van der Waals surface area (Å²) in [7, 11) is -3.53. The highest BCUT2D eigenvalue weighted by Gasteiger charge is 2.24. The van der Waals surface area contributed by atoms with E-state index >= 15 is 0 Å². The predicted octanol–water partition coefficient (Wildman–Crippen LogP) is 4.12. The first kappa shape index (κ1) is 19.7. The minimum atomic E-state index is -3.53. The molecule has 2 aromatic rings. The number of nitrogens with one attached hydrogen (secondary N) is 1. The lowest BCUT2D eigenvalue weighted by atomic mass is 9.87. The molecule has 5 nitrogen and oxygen atoms in total. The van der Waals surface area contributed by atoms with Crippen LogP contribution < -0.4 is 5.32 Å². The predicted molar refractivity (Wildman–Crippen MR) is 104 cm³/mol. The maximum Gasteiger partial charge on any atom is 0.287 e. The summed E-state index contributed by atoms with van der Waals surface area (Å²) in [5, 5.41) is 3.00. The number of hydrogen-bond acceptors (Lipinski definition) is 4. The van der Waals surface area contributed by atoms with Crippen LogP contribution in [-0.4, -0.2) is 20.4 Å². The molecule has 1 aliphatic rings. The Morgan fingerprint density at radius 2 is 1.81 bits per heavy atom. The Labute approximate surface area is 161 Å². The number of hydrogen-bond donors (Lipinski definition) is 1. The lowest BCUT2D eigenvalue weighted by Gasteiger charge is -2.26. The zero-order valence-corrected chi connectivity index (χ0v) is 16.7. The van der Waals surface area contributed by atoms with Crippen LogP contribution >= 0.6 is 0 Å². The van der Waals surface area contributed by atoms with E-state index in [-0.39, 0.29) is 29.2 Å². The van der Waals surface area contributed by atoms with Crippen molar-refractivity contribution in [2.45, 2.75) is 62.6 Å². The molecule has 1 saturated carbocycles. The van der Waals surface area contributed by atoms with Crippen molar-refractivity contribution in [2.24, 2.45) is 5.92 Å². The molecule has 0 aliphatic heterocycles. The van der Waals surface area contributed by atoms with Gasteiger partial charge in [-0.3, -0.25) is 4.79 Å². The molecule has 3 rings (SSSR count). The van der Waals surface area contributed by atoms with Gasteiger partial charge in [-0.25, -0.2) is 8.42 Å². The van der Waals surface area contributed by atoms with Gasteiger partial charge in [-0.15, -0.1) is 0 Å². The molecule has 1 aliphatic carbocycles. The Morgan fingerprint density at radius 1 is 1.11 bits per heavy atom. The smallest absolute Gasteiger partial charge is 0.287 e. The van der Waals surface area contributed by atoms with Crippen LogP contribution in [0.1, 0.15) is 61.4 Å². The summed E-state index contributed by atoms with van der Waals surface area (Å²) in [5.74, 6) is 0.640. The van der Waals surface area contributed by atoms with Crippen LogP contribution in [0.3, 0.4) is 0 Å². The largest absolute Gasteiger partial charge is 0.455 e. The lowest BCUT2D eigenvalue weighted by molar-refractivity contribution is 0.0893. The maximum absolute atomic E-state index is 12.7. The van der Waals surface area contributed by atoms with Gasteiger partial charge in [0.1, 0.15) is 11.5 Å². The van der Waals surface area contributed by atoms with E-state index in [1.807, 2.05) is 19.1 Å². The van der Waals surface area contributed by atoms with Crippen molar-refractivity contribution in [1.29, 1.82) is 0 Å². The number of sulfone groups is 1. The normalized spacial score (nSPS) is 20.4. The number of carbonyl (C=O) groups excluding carboxylic acids is 1. The average Bonchev–Trinajstić information content (AvgIpc) is 3.11. The number of rotatable bonds is 6. The molecule has 27 heavy (non-hydrogen) atoms. The van der Waals surface area contributed by atoms with E-state index < -0.39 is 9.84 Å². The average molecular weight is 390 g/mol. The highest BCUT2D eigenvalue weighted by atomic mass is 32.2. The van der Waals surface area contributed by atoms with E-state index in [9.17, 15) is 13.2 Å². The van der Waals surface area contributed by atoms with Crippen molar-refractivity contribution in [2.75, 3.05) is 0 Å². The summed E-state index contributed by atoms with van der Waals surface area (Å²) >= 11 is 0. The standard InChI is InChI=1S/C21H27NO4S/c1-3-16-6-4-5-7-20(16)27(24,25)14-18-12-13-19(26-18)21(23)22-17-10-8-15(2)9-11-17/h4-7,12-13,15,17H,3,8-11,14H2,1-2H3,(H,22,23). The van der Waals surface area contributed by atoms with Crippen molar-refractivity contribution in [3.63, 3.8) is 0 Å². The Balaban J connectivity index is 1.67. The fraction of sp³-hybridized carbons (Fsp3) is 0.476. The first-order chi connectivity index (χ1) is 12.9. The molecule has 6 heteroatoms. The van der Waals surface area contributed by atoms with E-state index in [2.05, 4.69) is 12.2 Å². The molecule has 0 radical (unpaired) electrons. The molecular weight excluding hydrogens is 362 g/mol. The second-order valence-corrected chi connectivity index (χ2v) is 9.37. The minimum absolute atomic E-state index is 0.169. The first-order valence-electron chi connectivity index (χ1n) is 9.59. The summed E-state index contributed by atoms with van der Waals surface area (Å²) < 4.78 is 31.0. The number of furan rings is 1. The van der Waals surface area contributed by atoms with Gasteiger partial charge in [-0.2, -0.15) is 0 Å². The third-order valence-electron chi connectivity index (χ3n) is 5.26. The second kappa shape index (κ2) is 8.30. The van der Waals surface area contributed by atoms with Gasteiger partial charge in [-0.1, -0.05) is 32.0 Å². The van der Waals surface area contributed by atoms with Gasteiger partial charge in [0, 0.05) is 6.04 Å². The Hall–Kier alpha value is -2.08.